The molecule has 0 aliphatic heterocycles. The molecule has 0 radical (unpaired) electrons. The lowest BCUT2D eigenvalue weighted by molar-refractivity contribution is 1.19. The number of rotatable bonds is 4. The summed E-state index contributed by atoms with van der Waals surface area (Å²) in [5.41, 5.74) is 10.7. The topological polar surface area (TPSA) is 34.4 Å². The summed E-state index contributed by atoms with van der Waals surface area (Å²) < 4.78 is 1.87. The maximum absolute atomic E-state index is 14.8. The van der Waals surface area contributed by atoms with Gasteiger partial charge in [0.05, 0.1) is 11.0 Å². The average Bonchev–Trinajstić information content (AvgIpc) is 3.52. The summed E-state index contributed by atoms with van der Waals surface area (Å²) in [5, 5.41) is 3.67. The highest BCUT2D eigenvalue weighted by Crippen LogP contribution is 2.44. The fourth-order valence-electron chi connectivity index (χ4n) is 6.97. The second-order valence-electron chi connectivity index (χ2n) is 11.5. The molecule has 0 bridgehead atoms. The van der Waals surface area contributed by atoms with E-state index in [0.29, 0.717) is 11.0 Å². The monoisotopic (exact) mass is 574 g/mol. The van der Waals surface area contributed by atoms with Gasteiger partial charge in [-0.2, -0.15) is 0 Å². The van der Waals surface area contributed by atoms with E-state index in [2.05, 4.69) is 127 Å². The number of hydrogen-bond donors (Lipinski definition) is 0. The first-order valence-electron chi connectivity index (χ1n) is 15.2. The molecule has 9 aromatic rings. The molecular formula is C42H26N2O. The number of benzene rings is 7. The molecule has 0 N–H and O–H groups in total. The second kappa shape index (κ2) is 10.0. The van der Waals surface area contributed by atoms with Crippen LogP contribution in [-0.2, 0) is 0 Å². The van der Waals surface area contributed by atoms with Crippen molar-refractivity contribution < 1.29 is 0 Å². The van der Waals surface area contributed by atoms with E-state index in [9.17, 15) is 4.79 Å². The first kappa shape index (κ1) is 25.4. The summed E-state index contributed by atoms with van der Waals surface area (Å²) in [7, 11) is 0. The Bertz CT molecular complexity index is 2570. The number of aromatic nitrogens is 2. The Morgan fingerprint density at radius 3 is 1.60 bits per heavy atom. The van der Waals surface area contributed by atoms with Gasteiger partial charge >= 0.3 is 0 Å². The van der Waals surface area contributed by atoms with E-state index < -0.39 is 0 Å². The number of pyridine rings is 1. The van der Waals surface area contributed by atoms with Crippen LogP contribution in [0.25, 0.3) is 82.7 Å². The predicted molar refractivity (Wildman–Crippen MR) is 187 cm³/mol. The van der Waals surface area contributed by atoms with Gasteiger partial charge < -0.3 is 0 Å². The van der Waals surface area contributed by atoms with Gasteiger partial charge in [0.1, 0.15) is 5.65 Å². The number of imidazole rings is 1. The maximum Gasteiger partial charge on any atom is 0.264 e. The fraction of sp³-hybridized carbons (Fsp3) is 0. The van der Waals surface area contributed by atoms with Crippen molar-refractivity contribution in [2.45, 2.75) is 0 Å². The van der Waals surface area contributed by atoms with E-state index in [1.807, 2.05) is 34.7 Å². The molecule has 210 valence electrons. The van der Waals surface area contributed by atoms with Gasteiger partial charge in [-0.3, -0.25) is 9.20 Å². The highest BCUT2D eigenvalue weighted by Gasteiger charge is 2.24. The second-order valence-corrected chi connectivity index (χ2v) is 11.5. The summed E-state index contributed by atoms with van der Waals surface area (Å²) in [6, 6.07) is 54.2. The van der Waals surface area contributed by atoms with Gasteiger partial charge in [-0.25, -0.2) is 4.98 Å². The summed E-state index contributed by atoms with van der Waals surface area (Å²) in [6.45, 7) is 0. The lowest BCUT2D eigenvalue weighted by atomic mass is 9.89. The minimum atomic E-state index is -0.0581. The Labute approximate surface area is 259 Å². The van der Waals surface area contributed by atoms with Crippen LogP contribution in [0.2, 0.25) is 0 Å². The lowest BCUT2D eigenvalue weighted by Crippen LogP contribution is -2.14. The molecular weight excluding hydrogens is 548 g/mol. The van der Waals surface area contributed by atoms with Crippen LogP contribution in [0.1, 0.15) is 0 Å². The van der Waals surface area contributed by atoms with Gasteiger partial charge in [0, 0.05) is 27.3 Å². The first-order chi connectivity index (χ1) is 22.3. The molecule has 7 aromatic carbocycles. The van der Waals surface area contributed by atoms with Gasteiger partial charge in [0.25, 0.3) is 5.56 Å². The van der Waals surface area contributed by atoms with E-state index in [-0.39, 0.29) is 5.56 Å². The molecule has 0 aliphatic carbocycles. The molecule has 2 aromatic heterocycles. The number of fused-ring (bicyclic) bond motifs is 4. The fourth-order valence-corrected chi connectivity index (χ4v) is 6.97. The smallest absolute Gasteiger partial charge is 0.264 e. The van der Waals surface area contributed by atoms with Crippen molar-refractivity contribution >= 4 is 38.2 Å². The zero-order valence-electron chi connectivity index (χ0n) is 24.3. The first-order valence-corrected chi connectivity index (χ1v) is 15.2. The Kier molecular flexibility index (Phi) is 5.66. The Balaban J connectivity index is 1.52. The molecule has 0 fully saturated rings. The van der Waals surface area contributed by atoms with E-state index in [0.717, 1.165) is 71.7 Å². The van der Waals surface area contributed by atoms with Crippen molar-refractivity contribution in [3.8, 4) is 44.5 Å². The molecule has 45 heavy (non-hydrogen) atoms. The third kappa shape index (κ3) is 3.84. The summed E-state index contributed by atoms with van der Waals surface area (Å²) in [5.74, 6) is 0. The highest BCUT2D eigenvalue weighted by atomic mass is 16.1. The van der Waals surface area contributed by atoms with E-state index in [1.54, 1.807) is 0 Å². The summed E-state index contributed by atoms with van der Waals surface area (Å²) in [4.78, 5) is 20.2. The van der Waals surface area contributed by atoms with E-state index in [1.165, 1.54) is 0 Å². The van der Waals surface area contributed by atoms with Crippen molar-refractivity contribution in [2.24, 2.45) is 0 Å². The third-order valence-electron chi connectivity index (χ3n) is 8.96. The third-order valence-corrected chi connectivity index (χ3v) is 8.96. The maximum atomic E-state index is 14.8. The Morgan fingerprint density at radius 2 is 0.978 bits per heavy atom. The number of hydrogen-bond acceptors (Lipinski definition) is 2. The van der Waals surface area contributed by atoms with Crippen molar-refractivity contribution in [3.05, 3.63) is 168 Å². The minimum absolute atomic E-state index is 0.0581. The molecule has 9 rings (SSSR count). The highest BCUT2D eigenvalue weighted by molar-refractivity contribution is 6.20. The average molecular weight is 575 g/mol. The Hall–Kier alpha value is -6.06. The van der Waals surface area contributed by atoms with Gasteiger partial charge in [-0.15, -0.1) is 0 Å². The van der Waals surface area contributed by atoms with Crippen molar-refractivity contribution in [1.29, 1.82) is 0 Å². The minimum Gasteiger partial charge on any atom is -0.268 e. The van der Waals surface area contributed by atoms with Crippen molar-refractivity contribution in [1.82, 2.24) is 9.38 Å². The van der Waals surface area contributed by atoms with Gasteiger partial charge in [0.2, 0.25) is 0 Å². The molecule has 0 saturated carbocycles. The molecule has 0 unspecified atom stereocenters. The van der Waals surface area contributed by atoms with E-state index in [4.69, 9.17) is 4.98 Å². The van der Waals surface area contributed by atoms with Crippen molar-refractivity contribution in [3.63, 3.8) is 0 Å². The van der Waals surface area contributed by atoms with Crippen LogP contribution in [0.3, 0.4) is 0 Å². The van der Waals surface area contributed by atoms with Crippen LogP contribution in [-0.4, -0.2) is 9.38 Å². The van der Waals surface area contributed by atoms with Gasteiger partial charge in [-0.1, -0.05) is 146 Å². The SMILES string of the molecule is O=c1c2ccc(-c3ccccc3)c3cccc(c32)c2nc3c(-c4ccccc4)cc(-c4ccccc4)c(-c4ccccc4)c3n12. The van der Waals surface area contributed by atoms with Gasteiger partial charge in [0.15, 0.2) is 0 Å². The molecule has 0 aliphatic rings. The van der Waals surface area contributed by atoms with Crippen LogP contribution in [0.15, 0.2) is 163 Å². The molecule has 0 atom stereocenters. The lowest BCUT2D eigenvalue weighted by Gasteiger charge is -2.16. The zero-order chi connectivity index (χ0) is 29.9. The predicted octanol–water partition coefficient (Wildman–Crippen LogP) is 10.3. The molecule has 3 nitrogen and oxygen atoms in total. The number of nitrogens with zero attached hydrogens (tertiary/aromatic N) is 2. The molecule has 2 heterocycles. The quantitative estimate of drug-likeness (QED) is 0.210. The zero-order valence-corrected chi connectivity index (χ0v) is 24.3. The normalized spacial score (nSPS) is 11.6. The van der Waals surface area contributed by atoms with Crippen LogP contribution >= 0.6 is 0 Å². The van der Waals surface area contributed by atoms with Gasteiger partial charge in [-0.05, 0) is 50.9 Å². The standard InChI is InChI=1S/C42H26N2O/c45-42-34-25-24-31(27-14-5-1-6-15-27)32-22-13-23-33(38(32)34)41-43-39-36(29-18-9-3-10-19-29)26-35(28-16-7-2-8-17-28)37(40(39)44(41)42)30-20-11-4-12-21-30/h1-26H. The molecule has 0 spiro atoms. The van der Waals surface area contributed by atoms with E-state index >= 15 is 0 Å². The molecule has 0 saturated heterocycles. The van der Waals surface area contributed by atoms with Crippen LogP contribution in [0, 0.1) is 0 Å². The van der Waals surface area contributed by atoms with Crippen LogP contribution < -0.4 is 5.56 Å². The summed E-state index contributed by atoms with van der Waals surface area (Å²) in [6.07, 6.45) is 0. The van der Waals surface area contributed by atoms with Crippen molar-refractivity contribution in [2.75, 3.05) is 0 Å². The van der Waals surface area contributed by atoms with Crippen LogP contribution in [0.5, 0.6) is 0 Å². The molecule has 3 heteroatoms. The van der Waals surface area contributed by atoms with Crippen LogP contribution in [0.4, 0.5) is 0 Å². The largest absolute Gasteiger partial charge is 0.268 e. The summed E-state index contributed by atoms with van der Waals surface area (Å²) >= 11 is 0. The Morgan fingerprint density at radius 1 is 0.444 bits per heavy atom. The molecule has 0 amide bonds.